The van der Waals surface area contributed by atoms with E-state index in [4.69, 9.17) is 4.42 Å². The second kappa shape index (κ2) is 7.31. The number of furan rings is 1. The van der Waals surface area contributed by atoms with Crippen molar-refractivity contribution < 1.29 is 26.4 Å². The smallest absolute Gasteiger partial charge is 0.387 e. The van der Waals surface area contributed by atoms with E-state index in [2.05, 4.69) is 4.74 Å². The van der Waals surface area contributed by atoms with Crippen LogP contribution in [-0.4, -0.2) is 25.4 Å². The third kappa shape index (κ3) is 4.12. The van der Waals surface area contributed by atoms with Crippen molar-refractivity contribution in [2.24, 2.45) is 0 Å². The quantitative estimate of drug-likeness (QED) is 0.755. The van der Waals surface area contributed by atoms with Crippen molar-refractivity contribution in [3.63, 3.8) is 0 Å². The van der Waals surface area contributed by atoms with Crippen LogP contribution >= 0.6 is 0 Å². The summed E-state index contributed by atoms with van der Waals surface area (Å²) < 4.78 is 62.0. The molecule has 0 saturated heterocycles. The molecule has 1 heterocycles. The maximum Gasteiger partial charge on any atom is 0.387 e. The molecular weight excluding hydrogens is 340 g/mol. The number of alkyl halides is 2. The molecule has 0 spiro atoms. The molecule has 0 saturated carbocycles. The normalized spacial score (nSPS) is 12.3. The van der Waals surface area contributed by atoms with Gasteiger partial charge >= 0.3 is 6.61 Å². The first-order valence-corrected chi connectivity index (χ1v) is 8.77. The number of para-hydroxylation sites is 1. The third-order valence-electron chi connectivity index (χ3n) is 3.34. The Kier molecular flexibility index (Phi) is 5.61. The van der Waals surface area contributed by atoms with Crippen LogP contribution in [0.2, 0.25) is 0 Å². The molecule has 0 aliphatic heterocycles. The van der Waals surface area contributed by atoms with Gasteiger partial charge in [0.25, 0.3) is 0 Å². The Labute approximate surface area is 139 Å². The van der Waals surface area contributed by atoms with Gasteiger partial charge in [-0.25, -0.2) is 8.42 Å². The van der Waals surface area contributed by atoms with Crippen molar-refractivity contribution in [3.8, 4) is 5.75 Å². The average Bonchev–Trinajstić information content (AvgIpc) is 2.89. The van der Waals surface area contributed by atoms with Crippen molar-refractivity contribution in [1.82, 2.24) is 4.31 Å². The first-order chi connectivity index (χ1) is 11.2. The van der Waals surface area contributed by atoms with E-state index in [0.29, 0.717) is 11.5 Å². The third-order valence-corrected chi connectivity index (χ3v) is 5.40. The van der Waals surface area contributed by atoms with Gasteiger partial charge in [0, 0.05) is 6.04 Å². The molecule has 0 N–H and O–H groups in total. The number of halogens is 2. The number of nitrogens with zero attached hydrogens (tertiary/aromatic N) is 1. The molecule has 0 amide bonds. The van der Waals surface area contributed by atoms with Crippen LogP contribution in [-0.2, 0) is 16.6 Å². The fourth-order valence-corrected chi connectivity index (χ4v) is 3.98. The van der Waals surface area contributed by atoms with Crippen LogP contribution in [0.1, 0.15) is 25.4 Å². The Morgan fingerprint density at radius 1 is 1.17 bits per heavy atom. The van der Waals surface area contributed by atoms with Crippen LogP contribution in [0.4, 0.5) is 8.78 Å². The zero-order valence-electron chi connectivity index (χ0n) is 13.6. The van der Waals surface area contributed by atoms with Crippen molar-refractivity contribution in [2.45, 2.75) is 44.9 Å². The first-order valence-electron chi connectivity index (χ1n) is 7.33. The summed E-state index contributed by atoms with van der Waals surface area (Å²) in [5, 5.41) is 0. The monoisotopic (exact) mass is 359 g/mol. The van der Waals surface area contributed by atoms with Gasteiger partial charge in [-0.05, 0) is 45.0 Å². The zero-order valence-corrected chi connectivity index (χ0v) is 14.4. The van der Waals surface area contributed by atoms with Crippen LogP contribution in [0, 0.1) is 6.92 Å². The lowest BCUT2D eigenvalue weighted by Gasteiger charge is -2.26. The Bertz CT molecular complexity index is 787. The highest BCUT2D eigenvalue weighted by atomic mass is 32.2. The molecule has 0 atom stereocenters. The molecule has 132 valence electrons. The first kappa shape index (κ1) is 18.4. The van der Waals surface area contributed by atoms with E-state index < -0.39 is 22.7 Å². The molecule has 0 bridgehead atoms. The summed E-state index contributed by atoms with van der Waals surface area (Å²) >= 11 is 0. The number of sulfonamides is 1. The number of ether oxygens (including phenoxy) is 1. The van der Waals surface area contributed by atoms with Gasteiger partial charge in [0.15, 0.2) is 0 Å². The summed E-state index contributed by atoms with van der Waals surface area (Å²) in [4.78, 5) is -0.303. The molecule has 1 aromatic heterocycles. The molecule has 8 heteroatoms. The van der Waals surface area contributed by atoms with E-state index >= 15 is 0 Å². The van der Waals surface area contributed by atoms with Crippen LogP contribution in [0.3, 0.4) is 0 Å². The summed E-state index contributed by atoms with van der Waals surface area (Å²) in [6.45, 7) is 2.04. The van der Waals surface area contributed by atoms with Crippen LogP contribution in [0.15, 0.2) is 45.7 Å². The molecule has 2 rings (SSSR count). The highest BCUT2D eigenvalue weighted by Gasteiger charge is 2.31. The number of aryl methyl sites for hydroxylation is 1. The topological polar surface area (TPSA) is 59.8 Å². The number of hydrogen-bond donors (Lipinski definition) is 0. The minimum Gasteiger partial charge on any atom is -0.465 e. The van der Waals surface area contributed by atoms with Crippen molar-refractivity contribution in [2.75, 3.05) is 0 Å². The van der Waals surface area contributed by atoms with Crippen LogP contribution in [0.5, 0.6) is 5.75 Å². The van der Waals surface area contributed by atoms with Gasteiger partial charge in [0.1, 0.15) is 22.2 Å². The van der Waals surface area contributed by atoms with Gasteiger partial charge in [-0.2, -0.15) is 13.1 Å². The second-order valence-corrected chi connectivity index (χ2v) is 7.34. The number of benzene rings is 1. The standard InChI is InChI=1S/C16H19F2NO4S/c1-11(2)19(10-13-9-8-12(3)22-13)24(20,21)15-7-5-4-6-14(15)23-16(17)18/h4-9,11,16H,10H2,1-3H3. The lowest BCUT2D eigenvalue weighted by molar-refractivity contribution is -0.0518. The van der Waals surface area contributed by atoms with Crippen LogP contribution in [0.25, 0.3) is 0 Å². The Hall–Kier alpha value is -1.93. The lowest BCUT2D eigenvalue weighted by Crippen LogP contribution is -2.36. The van der Waals surface area contributed by atoms with E-state index in [-0.39, 0.29) is 17.2 Å². The minimum atomic E-state index is -4.05. The molecule has 24 heavy (non-hydrogen) atoms. The SMILES string of the molecule is Cc1ccc(CN(C(C)C)S(=O)(=O)c2ccccc2OC(F)F)o1. The van der Waals surface area contributed by atoms with Crippen molar-refractivity contribution in [1.29, 1.82) is 0 Å². The Morgan fingerprint density at radius 3 is 2.38 bits per heavy atom. The molecular formula is C16H19F2NO4S. The molecule has 5 nitrogen and oxygen atoms in total. The fraction of sp³-hybridized carbons (Fsp3) is 0.375. The fourth-order valence-electron chi connectivity index (χ4n) is 2.25. The van der Waals surface area contributed by atoms with Gasteiger partial charge in [-0.1, -0.05) is 12.1 Å². The zero-order chi connectivity index (χ0) is 17.9. The summed E-state index contributed by atoms with van der Waals surface area (Å²) in [6, 6.07) is 8.35. The molecule has 0 unspecified atom stereocenters. The molecule has 0 aliphatic carbocycles. The van der Waals surface area contributed by atoms with Gasteiger partial charge < -0.3 is 9.15 Å². The highest BCUT2D eigenvalue weighted by molar-refractivity contribution is 7.89. The summed E-state index contributed by atoms with van der Waals surface area (Å²) in [5.41, 5.74) is 0. The minimum absolute atomic E-state index is 0.00312. The Morgan fingerprint density at radius 2 is 1.83 bits per heavy atom. The molecule has 1 aromatic carbocycles. The molecule has 0 aliphatic rings. The predicted octanol–water partition coefficient (Wildman–Crippen LogP) is 3.79. The lowest BCUT2D eigenvalue weighted by atomic mass is 10.3. The van der Waals surface area contributed by atoms with Gasteiger partial charge in [0.05, 0.1) is 6.54 Å². The molecule has 2 aromatic rings. The Balaban J connectivity index is 2.42. The summed E-state index contributed by atoms with van der Waals surface area (Å²) in [5.74, 6) is 0.748. The van der Waals surface area contributed by atoms with Crippen LogP contribution < -0.4 is 4.74 Å². The van der Waals surface area contributed by atoms with E-state index in [1.807, 2.05) is 0 Å². The van der Waals surface area contributed by atoms with Gasteiger partial charge in [0.2, 0.25) is 10.0 Å². The number of hydrogen-bond acceptors (Lipinski definition) is 4. The maximum absolute atomic E-state index is 12.9. The average molecular weight is 359 g/mol. The highest BCUT2D eigenvalue weighted by Crippen LogP contribution is 2.30. The molecule has 0 radical (unpaired) electrons. The second-order valence-electron chi connectivity index (χ2n) is 5.48. The molecule has 0 fully saturated rings. The van der Waals surface area contributed by atoms with Gasteiger partial charge in [-0.15, -0.1) is 0 Å². The van der Waals surface area contributed by atoms with E-state index in [9.17, 15) is 17.2 Å². The largest absolute Gasteiger partial charge is 0.465 e. The predicted molar refractivity (Wildman–Crippen MR) is 84.4 cm³/mol. The van der Waals surface area contributed by atoms with E-state index in [1.54, 1.807) is 32.9 Å². The van der Waals surface area contributed by atoms with Crippen molar-refractivity contribution in [3.05, 3.63) is 47.9 Å². The van der Waals surface area contributed by atoms with E-state index in [1.165, 1.54) is 28.6 Å². The summed E-state index contributed by atoms with van der Waals surface area (Å²) in [7, 11) is -4.05. The number of rotatable bonds is 7. The van der Waals surface area contributed by atoms with Crippen molar-refractivity contribution >= 4 is 10.0 Å². The van der Waals surface area contributed by atoms with Gasteiger partial charge in [-0.3, -0.25) is 0 Å². The maximum atomic E-state index is 12.9. The summed E-state index contributed by atoms with van der Waals surface area (Å²) in [6.07, 6.45) is 0. The van der Waals surface area contributed by atoms with E-state index in [0.717, 1.165) is 0 Å².